The van der Waals surface area contributed by atoms with Gasteiger partial charge in [0.05, 0.1) is 6.26 Å². The van der Waals surface area contributed by atoms with E-state index in [0.29, 0.717) is 38.8 Å². The highest BCUT2D eigenvalue weighted by Gasteiger charge is 2.37. The van der Waals surface area contributed by atoms with E-state index in [0.717, 1.165) is 6.26 Å². The number of nitrogens with zero attached hydrogens (tertiary/aromatic N) is 1. The van der Waals surface area contributed by atoms with Gasteiger partial charge in [-0.15, -0.1) is 0 Å². The number of carboxylic acids is 1. The summed E-state index contributed by atoms with van der Waals surface area (Å²) in [5, 5.41) is 8.85. The molecule has 2 unspecified atom stereocenters. The van der Waals surface area contributed by atoms with E-state index in [1.54, 1.807) is 4.90 Å². The number of aliphatic carboxylic acids is 1. The maximum atomic E-state index is 12.2. The molecule has 2 fully saturated rings. The highest BCUT2D eigenvalue weighted by atomic mass is 32.2. The minimum Gasteiger partial charge on any atom is -0.479 e. The van der Waals surface area contributed by atoms with Gasteiger partial charge in [0.1, 0.15) is 6.10 Å². The zero-order valence-corrected chi connectivity index (χ0v) is 12.6. The predicted molar refractivity (Wildman–Crippen MR) is 73.1 cm³/mol. The maximum absolute atomic E-state index is 12.2. The number of nitrogens with one attached hydrogen (secondary N) is 1. The van der Waals surface area contributed by atoms with Gasteiger partial charge in [-0.3, -0.25) is 4.79 Å². The molecule has 0 radical (unpaired) electrons. The molecule has 0 saturated carbocycles. The fourth-order valence-corrected chi connectivity index (χ4v) is 3.57. The zero-order valence-electron chi connectivity index (χ0n) is 11.8. The highest BCUT2D eigenvalue weighted by Crippen LogP contribution is 2.23. The Bertz CT molecular complexity index is 512. The second kappa shape index (κ2) is 6.29. The fraction of sp³-hybridized carbons (Fsp3) is 0.833. The molecule has 2 N–H and O–H groups in total. The SMILES string of the molecule is CS(=O)(=O)NC1CCN(C(=O)C2CCC(C(=O)O)O2)CC1. The van der Waals surface area contributed by atoms with Crippen LogP contribution in [0.15, 0.2) is 0 Å². The standard InChI is InChI=1S/C12H20N2O6S/c1-21(18,19)13-8-4-6-14(7-5-8)11(15)9-2-3-10(20-9)12(16)17/h8-10,13H,2-7H2,1H3,(H,16,17). The lowest BCUT2D eigenvalue weighted by Gasteiger charge is -2.33. The molecule has 2 atom stereocenters. The normalized spacial score (nSPS) is 27.8. The van der Waals surface area contributed by atoms with E-state index in [2.05, 4.69) is 4.72 Å². The van der Waals surface area contributed by atoms with Crippen molar-refractivity contribution < 1.29 is 27.9 Å². The van der Waals surface area contributed by atoms with E-state index >= 15 is 0 Å². The summed E-state index contributed by atoms with van der Waals surface area (Å²) >= 11 is 0. The number of amides is 1. The summed E-state index contributed by atoms with van der Waals surface area (Å²) in [5.74, 6) is -1.24. The minimum absolute atomic E-state index is 0.152. The number of likely N-dealkylation sites (tertiary alicyclic amines) is 1. The Morgan fingerprint density at radius 3 is 2.19 bits per heavy atom. The molecular weight excluding hydrogens is 300 g/mol. The van der Waals surface area contributed by atoms with Crippen molar-refractivity contribution in [3.05, 3.63) is 0 Å². The second-order valence-corrected chi connectivity index (χ2v) is 7.30. The zero-order chi connectivity index (χ0) is 15.6. The number of carboxylic acid groups (broad SMARTS) is 1. The highest BCUT2D eigenvalue weighted by molar-refractivity contribution is 7.88. The Kier molecular flexibility index (Phi) is 4.84. The molecule has 0 aromatic carbocycles. The van der Waals surface area contributed by atoms with Crippen LogP contribution in [0, 0.1) is 0 Å². The summed E-state index contributed by atoms with van der Waals surface area (Å²) in [5.41, 5.74) is 0. The van der Waals surface area contributed by atoms with Crippen molar-refractivity contribution in [2.45, 2.75) is 43.9 Å². The van der Waals surface area contributed by atoms with Gasteiger partial charge in [-0.1, -0.05) is 0 Å². The average molecular weight is 320 g/mol. The summed E-state index contributed by atoms with van der Waals surface area (Å²) in [6.07, 6.45) is 1.38. The van der Waals surface area contributed by atoms with Crippen molar-refractivity contribution in [2.75, 3.05) is 19.3 Å². The minimum atomic E-state index is -3.24. The van der Waals surface area contributed by atoms with Gasteiger partial charge in [0, 0.05) is 19.1 Å². The van der Waals surface area contributed by atoms with Crippen molar-refractivity contribution >= 4 is 21.9 Å². The molecule has 2 heterocycles. The summed E-state index contributed by atoms with van der Waals surface area (Å²) in [6.45, 7) is 0.896. The average Bonchev–Trinajstić information content (AvgIpc) is 2.86. The lowest BCUT2D eigenvalue weighted by atomic mass is 10.0. The largest absolute Gasteiger partial charge is 0.479 e. The first-order chi connectivity index (χ1) is 9.76. The molecule has 120 valence electrons. The first-order valence-corrected chi connectivity index (χ1v) is 8.80. The molecule has 2 aliphatic rings. The van der Waals surface area contributed by atoms with Gasteiger partial charge in [-0.05, 0) is 25.7 Å². The third-order valence-electron chi connectivity index (χ3n) is 3.76. The van der Waals surface area contributed by atoms with Crippen LogP contribution in [0.1, 0.15) is 25.7 Å². The molecule has 0 aliphatic carbocycles. The number of hydrogen-bond acceptors (Lipinski definition) is 5. The smallest absolute Gasteiger partial charge is 0.332 e. The maximum Gasteiger partial charge on any atom is 0.332 e. The summed E-state index contributed by atoms with van der Waals surface area (Å²) in [4.78, 5) is 24.7. The Labute approximate surface area is 123 Å². The van der Waals surface area contributed by atoms with E-state index in [4.69, 9.17) is 9.84 Å². The topological polar surface area (TPSA) is 113 Å². The van der Waals surface area contributed by atoms with Crippen molar-refractivity contribution in [2.24, 2.45) is 0 Å². The summed E-state index contributed by atoms with van der Waals surface area (Å²) < 4.78 is 30.1. The first-order valence-electron chi connectivity index (χ1n) is 6.90. The van der Waals surface area contributed by atoms with E-state index in [-0.39, 0.29) is 11.9 Å². The van der Waals surface area contributed by atoms with E-state index in [9.17, 15) is 18.0 Å². The summed E-state index contributed by atoms with van der Waals surface area (Å²) in [6, 6.07) is -0.152. The number of carbonyl (C=O) groups excluding carboxylic acids is 1. The van der Waals surface area contributed by atoms with Gasteiger partial charge >= 0.3 is 5.97 Å². The number of rotatable bonds is 4. The van der Waals surface area contributed by atoms with E-state index in [1.165, 1.54) is 0 Å². The summed E-state index contributed by atoms with van der Waals surface area (Å²) in [7, 11) is -3.24. The van der Waals surface area contributed by atoms with Gasteiger partial charge in [0.2, 0.25) is 10.0 Å². The molecular formula is C12H20N2O6S. The molecule has 0 spiro atoms. The molecule has 0 bridgehead atoms. The van der Waals surface area contributed by atoms with Gasteiger partial charge in [-0.25, -0.2) is 17.9 Å². The van der Waals surface area contributed by atoms with E-state index in [1.807, 2.05) is 0 Å². The van der Waals surface area contributed by atoms with Crippen molar-refractivity contribution in [3.63, 3.8) is 0 Å². The second-order valence-electron chi connectivity index (χ2n) is 5.52. The Balaban J connectivity index is 1.82. The molecule has 2 rings (SSSR count). The third-order valence-corrected chi connectivity index (χ3v) is 4.52. The van der Waals surface area contributed by atoms with Crippen LogP contribution < -0.4 is 4.72 Å². The van der Waals surface area contributed by atoms with Crippen molar-refractivity contribution in [1.82, 2.24) is 9.62 Å². The van der Waals surface area contributed by atoms with Crippen LogP contribution in [0.3, 0.4) is 0 Å². The molecule has 0 aromatic heterocycles. The number of hydrogen-bond donors (Lipinski definition) is 2. The van der Waals surface area contributed by atoms with Crippen LogP contribution in [-0.4, -0.2) is 67.9 Å². The molecule has 8 nitrogen and oxygen atoms in total. The van der Waals surface area contributed by atoms with Gasteiger partial charge in [0.25, 0.3) is 5.91 Å². The van der Waals surface area contributed by atoms with Crippen molar-refractivity contribution in [3.8, 4) is 0 Å². The monoisotopic (exact) mass is 320 g/mol. The number of piperidine rings is 1. The molecule has 1 amide bonds. The van der Waals surface area contributed by atoms with Crippen LogP contribution in [-0.2, 0) is 24.3 Å². The third kappa shape index (κ3) is 4.39. The quantitative estimate of drug-likeness (QED) is 0.698. The van der Waals surface area contributed by atoms with Crippen LogP contribution in [0.2, 0.25) is 0 Å². The van der Waals surface area contributed by atoms with Crippen LogP contribution in [0.5, 0.6) is 0 Å². The van der Waals surface area contributed by atoms with Crippen LogP contribution in [0.4, 0.5) is 0 Å². The van der Waals surface area contributed by atoms with Gasteiger partial charge < -0.3 is 14.7 Å². The van der Waals surface area contributed by atoms with Crippen LogP contribution in [0.25, 0.3) is 0 Å². The van der Waals surface area contributed by atoms with Crippen molar-refractivity contribution in [1.29, 1.82) is 0 Å². The predicted octanol–water partition coefficient (Wildman–Crippen LogP) is -0.841. The molecule has 0 aromatic rings. The van der Waals surface area contributed by atoms with Gasteiger partial charge in [-0.2, -0.15) is 0 Å². The number of ether oxygens (including phenoxy) is 1. The van der Waals surface area contributed by atoms with Crippen LogP contribution >= 0.6 is 0 Å². The first kappa shape index (κ1) is 16.2. The Morgan fingerprint density at radius 2 is 1.71 bits per heavy atom. The van der Waals surface area contributed by atoms with E-state index < -0.39 is 28.2 Å². The fourth-order valence-electron chi connectivity index (χ4n) is 2.72. The molecule has 9 heteroatoms. The number of sulfonamides is 1. The lowest BCUT2D eigenvalue weighted by Crippen LogP contribution is -2.49. The Morgan fingerprint density at radius 1 is 1.14 bits per heavy atom. The molecule has 2 saturated heterocycles. The molecule has 2 aliphatic heterocycles. The lowest BCUT2D eigenvalue weighted by molar-refractivity contribution is -0.155. The Hall–Kier alpha value is -1.19. The molecule has 21 heavy (non-hydrogen) atoms. The number of carbonyl (C=O) groups is 2. The van der Waals surface area contributed by atoms with Gasteiger partial charge in [0.15, 0.2) is 6.10 Å².